The van der Waals surface area contributed by atoms with Crippen LogP contribution in [0.3, 0.4) is 0 Å². The minimum atomic E-state index is 0.484. The van der Waals surface area contributed by atoms with Crippen LogP contribution >= 0.6 is 0 Å². The van der Waals surface area contributed by atoms with Crippen molar-refractivity contribution in [1.82, 2.24) is 10.2 Å². The van der Waals surface area contributed by atoms with E-state index in [2.05, 4.69) is 31.0 Å². The summed E-state index contributed by atoms with van der Waals surface area (Å²) in [6.07, 6.45) is 2.57. The number of rotatable bonds is 7. The van der Waals surface area contributed by atoms with Gasteiger partial charge in [-0.1, -0.05) is 20.8 Å². The van der Waals surface area contributed by atoms with E-state index in [4.69, 9.17) is 4.74 Å². The molecule has 3 unspecified atom stereocenters. The highest BCUT2D eigenvalue weighted by atomic mass is 16.5. The van der Waals surface area contributed by atoms with Crippen molar-refractivity contribution in [3.05, 3.63) is 0 Å². The van der Waals surface area contributed by atoms with Crippen LogP contribution in [-0.4, -0.2) is 50.8 Å². The molecule has 0 aromatic heterocycles. The summed E-state index contributed by atoms with van der Waals surface area (Å²) in [5, 5.41) is 3.58. The maximum absolute atomic E-state index is 5.31. The van der Waals surface area contributed by atoms with Gasteiger partial charge in [-0.25, -0.2) is 0 Å². The van der Waals surface area contributed by atoms with Crippen LogP contribution in [0, 0.1) is 11.8 Å². The average molecular weight is 242 g/mol. The maximum atomic E-state index is 5.31. The SMILES string of the molecule is CCCNC(COC)CN1CC(C)CC(C)C1. The van der Waals surface area contributed by atoms with E-state index in [1.54, 1.807) is 7.11 Å². The molecule has 0 spiro atoms. The van der Waals surface area contributed by atoms with Gasteiger partial charge < -0.3 is 15.0 Å². The largest absolute Gasteiger partial charge is 0.383 e. The zero-order chi connectivity index (χ0) is 12.7. The Kier molecular flexibility index (Phi) is 7.09. The molecule has 102 valence electrons. The van der Waals surface area contributed by atoms with Gasteiger partial charge in [-0.15, -0.1) is 0 Å². The highest BCUT2D eigenvalue weighted by molar-refractivity contribution is 4.79. The van der Waals surface area contributed by atoms with Gasteiger partial charge in [-0.2, -0.15) is 0 Å². The Morgan fingerprint density at radius 1 is 1.29 bits per heavy atom. The first-order chi connectivity index (χ1) is 8.15. The zero-order valence-electron chi connectivity index (χ0n) is 12.0. The molecule has 1 saturated heterocycles. The van der Waals surface area contributed by atoms with Crippen LogP contribution in [0.2, 0.25) is 0 Å². The first-order valence-corrected chi connectivity index (χ1v) is 7.10. The summed E-state index contributed by atoms with van der Waals surface area (Å²) < 4.78 is 5.31. The van der Waals surface area contributed by atoms with Crippen LogP contribution in [0.1, 0.15) is 33.6 Å². The number of likely N-dealkylation sites (tertiary alicyclic amines) is 1. The van der Waals surface area contributed by atoms with Crippen molar-refractivity contribution in [2.75, 3.05) is 39.9 Å². The molecule has 1 fully saturated rings. The summed E-state index contributed by atoms with van der Waals surface area (Å²) in [4.78, 5) is 2.60. The molecule has 3 heteroatoms. The van der Waals surface area contributed by atoms with Gasteiger partial charge in [-0.05, 0) is 31.2 Å². The zero-order valence-corrected chi connectivity index (χ0v) is 12.0. The van der Waals surface area contributed by atoms with E-state index in [0.717, 1.165) is 31.5 Å². The number of piperidine rings is 1. The second kappa shape index (κ2) is 8.06. The van der Waals surface area contributed by atoms with E-state index in [1.165, 1.54) is 25.9 Å². The minimum absolute atomic E-state index is 0.484. The molecule has 0 bridgehead atoms. The monoisotopic (exact) mass is 242 g/mol. The van der Waals surface area contributed by atoms with Gasteiger partial charge in [0.25, 0.3) is 0 Å². The molecule has 1 aliphatic heterocycles. The first-order valence-electron chi connectivity index (χ1n) is 7.10. The maximum Gasteiger partial charge on any atom is 0.0628 e. The van der Waals surface area contributed by atoms with Crippen LogP contribution in [0.4, 0.5) is 0 Å². The third kappa shape index (κ3) is 5.84. The predicted octanol–water partition coefficient (Wildman–Crippen LogP) is 1.98. The summed E-state index contributed by atoms with van der Waals surface area (Å²) in [6, 6.07) is 0.484. The summed E-state index contributed by atoms with van der Waals surface area (Å²) in [5.74, 6) is 1.68. The molecule has 3 atom stereocenters. The molecule has 17 heavy (non-hydrogen) atoms. The van der Waals surface area contributed by atoms with Gasteiger partial charge in [0.05, 0.1) is 6.61 Å². The van der Waals surface area contributed by atoms with Crippen molar-refractivity contribution < 1.29 is 4.74 Å². The minimum Gasteiger partial charge on any atom is -0.383 e. The molecular weight excluding hydrogens is 212 g/mol. The van der Waals surface area contributed by atoms with Crippen LogP contribution in [0.15, 0.2) is 0 Å². The predicted molar refractivity (Wildman–Crippen MR) is 73.3 cm³/mol. The Labute approximate surface area is 107 Å². The third-order valence-electron chi connectivity index (χ3n) is 3.47. The lowest BCUT2D eigenvalue weighted by Gasteiger charge is -2.37. The fourth-order valence-corrected chi connectivity index (χ4v) is 2.98. The summed E-state index contributed by atoms with van der Waals surface area (Å²) in [6.45, 7) is 12.5. The molecule has 3 nitrogen and oxygen atoms in total. The van der Waals surface area contributed by atoms with Gasteiger partial charge in [0.2, 0.25) is 0 Å². The number of nitrogens with zero attached hydrogens (tertiary/aromatic N) is 1. The number of hydrogen-bond acceptors (Lipinski definition) is 3. The average Bonchev–Trinajstić information content (AvgIpc) is 2.24. The Balaban J connectivity index is 2.36. The van der Waals surface area contributed by atoms with Gasteiger partial charge in [-0.3, -0.25) is 0 Å². The molecule has 1 N–H and O–H groups in total. The van der Waals surface area contributed by atoms with Crippen molar-refractivity contribution in [2.24, 2.45) is 11.8 Å². The number of hydrogen-bond donors (Lipinski definition) is 1. The van der Waals surface area contributed by atoms with Gasteiger partial charge in [0, 0.05) is 32.8 Å². The number of nitrogens with one attached hydrogen (secondary N) is 1. The van der Waals surface area contributed by atoms with Gasteiger partial charge in [0.1, 0.15) is 0 Å². The molecule has 0 saturated carbocycles. The Morgan fingerprint density at radius 2 is 1.94 bits per heavy atom. The van der Waals surface area contributed by atoms with E-state index in [9.17, 15) is 0 Å². The quantitative estimate of drug-likeness (QED) is 0.739. The van der Waals surface area contributed by atoms with E-state index < -0.39 is 0 Å². The van der Waals surface area contributed by atoms with Crippen LogP contribution in [0.5, 0.6) is 0 Å². The summed E-state index contributed by atoms with van der Waals surface area (Å²) >= 11 is 0. The second-order valence-electron chi connectivity index (χ2n) is 5.77. The fraction of sp³-hybridized carbons (Fsp3) is 1.00. The van der Waals surface area contributed by atoms with Crippen molar-refractivity contribution in [3.8, 4) is 0 Å². The Morgan fingerprint density at radius 3 is 2.47 bits per heavy atom. The van der Waals surface area contributed by atoms with Gasteiger partial charge >= 0.3 is 0 Å². The fourth-order valence-electron chi connectivity index (χ4n) is 2.98. The lowest BCUT2D eigenvalue weighted by Crippen LogP contribution is -2.48. The number of ether oxygens (including phenoxy) is 1. The summed E-state index contributed by atoms with van der Waals surface area (Å²) in [5.41, 5.74) is 0. The Bertz CT molecular complexity index is 189. The van der Waals surface area contributed by atoms with Crippen LogP contribution in [-0.2, 0) is 4.74 Å². The first kappa shape index (κ1) is 14.9. The smallest absolute Gasteiger partial charge is 0.0628 e. The molecule has 0 aromatic rings. The van der Waals surface area contributed by atoms with Crippen LogP contribution in [0.25, 0.3) is 0 Å². The second-order valence-corrected chi connectivity index (χ2v) is 5.77. The molecule has 0 amide bonds. The van der Waals surface area contributed by atoms with E-state index in [-0.39, 0.29) is 0 Å². The summed E-state index contributed by atoms with van der Waals surface area (Å²) in [7, 11) is 1.79. The van der Waals surface area contributed by atoms with Gasteiger partial charge in [0.15, 0.2) is 0 Å². The van der Waals surface area contributed by atoms with E-state index >= 15 is 0 Å². The topological polar surface area (TPSA) is 24.5 Å². The molecule has 0 aromatic carbocycles. The normalized spacial score (nSPS) is 28.2. The van der Waals surface area contributed by atoms with E-state index in [1.807, 2.05) is 0 Å². The lowest BCUT2D eigenvalue weighted by molar-refractivity contribution is 0.0979. The Hall–Kier alpha value is -0.120. The molecule has 1 rings (SSSR count). The lowest BCUT2D eigenvalue weighted by atomic mass is 9.91. The van der Waals surface area contributed by atoms with Crippen molar-refractivity contribution >= 4 is 0 Å². The molecule has 0 aliphatic carbocycles. The van der Waals surface area contributed by atoms with Crippen LogP contribution < -0.4 is 5.32 Å². The van der Waals surface area contributed by atoms with Crippen molar-refractivity contribution in [3.63, 3.8) is 0 Å². The standard InChI is InChI=1S/C14H30N2O/c1-5-6-15-14(11-17-4)10-16-8-12(2)7-13(3)9-16/h12-15H,5-11H2,1-4H3. The highest BCUT2D eigenvalue weighted by Gasteiger charge is 2.23. The molecule has 0 radical (unpaired) electrons. The van der Waals surface area contributed by atoms with Crippen molar-refractivity contribution in [1.29, 1.82) is 0 Å². The molecule has 1 heterocycles. The van der Waals surface area contributed by atoms with Crippen molar-refractivity contribution in [2.45, 2.75) is 39.7 Å². The third-order valence-corrected chi connectivity index (χ3v) is 3.47. The molecule has 1 aliphatic rings. The van der Waals surface area contributed by atoms with E-state index in [0.29, 0.717) is 6.04 Å². The highest BCUT2D eigenvalue weighted by Crippen LogP contribution is 2.20. The number of methoxy groups -OCH3 is 1. The molecular formula is C14H30N2O.